The van der Waals surface area contributed by atoms with E-state index in [0.29, 0.717) is 11.6 Å². The van der Waals surface area contributed by atoms with Crippen LogP contribution >= 0.6 is 0 Å². The molecule has 0 aliphatic rings. The van der Waals surface area contributed by atoms with Crippen LogP contribution in [0.5, 0.6) is 11.6 Å². The van der Waals surface area contributed by atoms with Crippen LogP contribution in [0.4, 0.5) is 0 Å². The predicted octanol–water partition coefficient (Wildman–Crippen LogP) is 1.66. The molecule has 0 amide bonds. The van der Waals surface area contributed by atoms with Gasteiger partial charge in [-0.3, -0.25) is 0 Å². The van der Waals surface area contributed by atoms with Crippen LogP contribution in [0.2, 0.25) is 0 Å². The Morgan fingerprint density at radius 2 is 2.17 bits per heavy atom. The van der Waals surface area contributed by atoms with Crippen molar-refractivity contribution in [1.82, 2.24) is 10.4 Å². The van der Waals surface area contributed by atoms with Crippen molar-refractivity contribution in [1.29, 1.82) is 0 Å². The van der Waals surface area contributed by atoms with Crippen LogP contribution in [0.3, 0.4) is 0 Å². The van der Waals surface area contributed by atoms with E-state index in [2.05, 4.69) is 21.0 Å². The fourth-order valence-electron chi connectivity index (χ4n) is 0.761. The number of nitrogens with zero attached hydrogens (tertiary/aromatic N) is 2. The molecule has 0 unspecified atom stereocenters. The highest BCUT2D eigenvalue weighted by molar-refractivity contribution is 5.23. The van der Waals surface area contributed by atoms with Gasteiger partial charge in [0, 0.05) is 5.27 Å². The standard InChI is InChI=1S/C8H5N2O2/c1-2-4-7(5-3-1)12-8-6-11-10-9-8/h2-6H. The molecule has 1 aromatic heterocycles. The Morgan fingerprint density at radius 1 is 1.33 bits per heavy atom. The Hall–Kier alpha value is -1.84. The molecule has 0 spiro atoms. The van der Waals surface area contributed by atoms with Gasteiger partial charge in [-0.1, -0.05) is 17.2 Å². The van der Waals surface area contributed by atoms with Crippen molar-refractivity contribution in [2.45, 2.75) is 0 Å². The van der Waals surface area contributed by atoms with Crippen LogP contribution in [0.15, 0.2) is 35.1 Å². The van der Waals surface area contributed by atoms with Gasteiger partial charge in [-0.25, -0.2) is 0 Å². The summed E-state index contributed by atoms with van der Waals surface area (Å²) in [4.78, 5) is 0. The molecule has 1 aromatic carbocycles. The van der Waals surface area contributed by atoms with Crippen molar-refractivity contribution < 1.29 is 9.26 Å². The second-order valence-electron chi connectivity index (χ2n) is 2.08. The number of ether oxygens (including phenoxy) is 1. The average molecular weight is 161 g/mol. The Bertz CT molecular complexity index is 331. The molecule has 12 heavy (non-hydrogen) atoms. The number of aromatic nitrogens is 2. The summed E-state index contributed by atoms with van der Waals surface area (Å²) in [5.74, 6) is 1.03. The lowest BCUT2D eigenvalue weighted by atomic mass is 10.3. The quantitative estimate of drug-likeness (QED) is 0.672. The van der Waals surface area contributed by atoms with E-state index in [-0.39, 0.29) is 0 Å². The van der Waals surface area contributed by atoms with Crippen molar-refractivity contribution in [2.24, 2.45) is 0 Å². The molecule has 1 radical (unpaired) electrons. The minimum absolute atomic E-state index is 0.348. The minimum Gasteiger partial charge on any atom is -0.435 e. The van der Waals surface area contributed by atoms with E-state index >= 15 is 0 Å². The lowest BCUT2D eigenvalue weighted by molar-refractivity contribution is 0.392. The molecule has 0 saturated heterocycles. The van der Waals surface area contributed by atoms with Crippen molar-refractivity contribution in [2.75, 3.05) is 0 Å². The maximum absolute atomic E-state index is 5.23. The molecular formula is C8H5N2O2. The van der Waals surface area contributed by atoms with E-state index in [9.17, 15) is 0 Å². The van der Waals surface area contributed by atoms with Gasteiger partial charge in [-0.2, -0.15) is 0 Å². The Kier molecular flexibility index (Phi) is 1.74. The molecule has 2 aromatic rings. The van der Waals surface area contributed by atoms with Crippen molar-refractivity contribution >= 4 is 0 Å². The van der Waals surface area contributed by atoms with Gasteiger partial charge in [0.15, 0.2) is 6.26 Å². The first-order valence-electron chi connectivity index (χ1n) is 3.36. The second-order valence-corrected chi connectivity index (χ2v) is 2.08. The van der Waals surface area contributed by atoms with Gasteiger partial charge in [0.1, 0.15) is 5.75 Å². The topological polar surface area (TPSA) is 48.2 Å². The molecular weight excluding hydrogens is 156 g/mol. The second kappa shape index (κ2) is 3.04. The highest BCUT2D eigenvalue weighted by atomic mass is 16.5. The van der Waals surface area contributed by atoms with Gasteiger partial charge in [0.25, 0.3) is 5.88 Å². The molecule has 0 atom stereocenters. The van der Waals surface area contributed by atoms with E-state index in [1.54, 1.807) is 24.3 Å². The Labute approximate surface area is 68.8 Å². The van der Waals surface area contributed by atoms with Crippen LogP contribution in [0, 0.1) is 6.07 Å². The van der Waals surface area contributed by atoms with E-state index in [0.717, 1.165) is 0 Å². The van der Waals surface area contributed by atoms with E-state index in [1.165, 1.54) is 6.26 Å². The van der Waals surface area contributed by atoms with Gasteiger partial charge in [-0.05, 0) is 18.2 Å². The first-order chi connectivity index (χ1) is 5.95. The molecule has 0 N–H and O–H groups in total. The van der Waals surface area contributed by atoms with Crippen LogP contribution in [0.1, 0.15) is 0 Å². The molecule has 0 bridgehead atoms. The third-order valence-electron chi connectivity index (χ3n) is 1.25. The zero-order chi connectivity index (χ0) is 8.23. The predicted molar refractivity (Wildman–Crippen MR) is 39.7 cm³/mol. The zero-order valence-corrected chi connectivity index (χ0v) is 6.10. The van der Waals surface area contributed by atoms with Gasteiger partial charge in [0.05, 0.1) is 0 Å². The zero-order valence-electron chi connectivity index (χ0n) is 6.10. The van der Waals surface area contributed by atoms with Crippen LogP contribution in [0.25, 0.3) is 0 Å². The molecule has 59 valence electrons. The first kappa shape index (κ1) is 6.84. The Morgan fingerprint density at radius 3 is 2.83 bits per heavy atom. The smallest absolute Gasteiger partial charge is 0.280 e. The third kappa shape index (κ3) is 1.42. The molecule has 0 fully saturated rings. The Balaban J connectivity index is 2.15. The monoisotopic (exact) mass is 161 g/mol. The van der Waals surface area contributed by atoms with Gasteiger partial charge < -0.3 is 9.26 Å². The van der Waals surface area contributed by atoms with Crippen molar-refractivity contribution in [3.63, 3.8) is 0 Å². The minimum atomic E-state index is 0.348. The maximum Gasteiger partial charge on any atom is 0.280 e. The van der Waals surface area contributed by atoms with Gasteiger partial charge in [-0.15, -0.1) is 0 Å². The summed E-state index contributed by atoms with van der Waals surface area (Å²) in [6.45, 7) is 0. The summed E-state index contributed by atoms with van der Waals surface area (Å²) in [5.41, 5.74) is 0. The largest absolute Gasteiger partial charge is 0.435 e. The number of hydrogen-bond acceptors (Lipinski definition) is 4. The highest BCUT2D eigenvalue weighted by Crippen LogP contribution is 2.16. The normalized spacial score (nSPS) is 9.67. The number of benzene rings is 1. The molecule has 2 rings (SSSR count). The number of rotatable bonds is 2. The highest BCUT2D eigenvalue weighted by Gasteiger charge is 1.98. The summed E-state index contributed by atoms with van der Waals surface area (Å²) in [6.07, 6.45) is 1.33. The van der Waals surface area contributed by atoms with Crippen molar-refractivity contribution in [3.8, 4) is 11.6 Å². The lowest BCUT2D eigenvalue weighted by Crippen LogP contribution is -1.82. The van der Waals surface area contributed by atoms with Gasteiger partial charge >= 0.3 is 0 Å². The van der Waals surface area contributed by atoms with Crippen LogP contribution in [-0.2, 0) is 0 Å². The summed E-state index contributed by atoms with van der Waals surface area (Å²) in [6, 6.07) is 9.92. The molecule has 0 aliphatic heterocycles. The summed E-state index contributed by atoms with van der Waals surface area (Å²) >= 11 is 0. The van der Waals surface area contributed by atoms with Crippen LogP contribution in [-0.4, -0.2) is 10.4 Å². The maximum atomic E-state index is 5.23. The first-order valence-corrected chi connectivity index (χ1v) is 3.36. The molecule has 0 saturated carbocycles. The average Bonchev–Trinajstić information content (AvgIpc) is 2.59. The van der Waals surface area contributed by atoms with Crippen molar-refractivity contribution in [3.05, 3.63) is 36.6 Å². The SMILES string of the molecule is [c]1ccc(Oc2conn2)cc1. The number of hydrogen-bond donors (Lipinski definition) is 0. The summed E-state index contributed by atoms with van der Waals surface area (Å²) in [7, 11) is 0. The summed E-state index contributed by atoms with van der Waals surface area (Å²) in [5, 5.41) is 6.82. The van der Waals surface area contributed by atoms with Crippen LogP contribution < -0.4 is 4.74 Å². The molecule has 4 nitrogen and oxygen atoms in total. The van der Waals surface area contributed by atoms with E-state index in [4.69, 9.17) is 4.74 Å². The van der Waals surface area contributed by atoms with E-state index in [1.807, 2.05) is 0 Å². The van der Waals surface area contributed by atoms with Gasteiger partial charge in [0.2, 0.25) is 0 Å². The third-order valence-corrected chi connectivity index (χ3v) is 1.25. The molecule has 1 heterocycles. The lowest BCUT2D eigenvalue weighted by Gasteiger charge is -1.97. The fraction of sp³-hybridized carbons (Fsp3) is 0. The molecule has 0 aliphatic carbocycles. The fourth-order valence-corrected chi connectivity index (χ4v) is 0.761. The molecule has 4 heteroatoms. The summed E-state index contributed by atoms with van der Waals surface area (Å²) < 4.78 is 9.72. The van der Waals surface area contributed by atoms with E-state index < -0.39 is 0 Å².